The predicted octanol–water partition coefficient (Wildman–Crippen LogP) is -2.61. The van der Waals surface area contributed by atoms with Crippen LogP contribution in [0, 0.1) is 0 Å². The van der Waals surface area contributed by atoms with Crippen molar-refractivity contribution in [1.29, 1.82) is 0 Å². The van der Waals surface area contributed by atoms with Gasteiger partial charge in [-0.2, -0.15) is 0 Å². The summed E-state index contributed by atoms with van der Waals surface area (Å²) in [5.41, 5.74) is 0. The van der Waals surface area contributed by atoms with Gasteiger partial charge in [0, 0.05) is 11.9 Å². The molecule has 10 heavy (non-hydrogen) atoms. The minimum absolute atomic E-state index is 0.972. The molecule has 0 N–H and O–H groups in total. The van der Waals surface area contributed by atoms with Gasteiger partial charge in [-0.25, -0.2) is 0 Å². The topological polar surface area (TPSA) is 97.3 Å². The molecule has 0 heterocycles. The molecule has 0 aliphatic carbocycles. The summed E-state index contributed by atoms with van der Waals surface area (Å²) in [7, 11) is 0. The van der Waals surface area contributed by atoms with E-state index in [4.69, 9.17) is 23.5 Å². The van der Waals surface area contributed by atoms with E-state index in [2.05, 4.69) is 0 Å². The van der Waals surface area contributed by atoms with E-state index in [-0.39, 0.29) is 0 Å². The summed E-state index contributed by atoms with van der Waals surface area (Å²) in [6, 6.07) is 0. The maximum absolute atomic E-state index is 8.89. The Bertz CT molecular complexity index is 81.8. The van der Waals surface area contributed by atoms with Crippen LogP contribution < -0.4 is 10.2 Å². The van der Waals surface area contributed by atoms with Gasteiger partial charge in [-0.15, -0.1) is 0 Å². The quantitative estimate of drug-likeness (QED) is 0.411. The molecule has 0 aliphatic heterocycles. The number of carboxylic acids is 2. The van der Waals surface area contributed by atoms with Crippen molar-refractivity contribution in [3.8, 4) is 0 Å². The molecular formula is C4H6O5V. The number of hydrogen-bond donors (Lipinski definition) is 0. The van der Waals surface area contributed by atoms with Gasteiger partial charge in [0.15, 0.2) is 0 Å². The van der Waals surface area contributed by atoms with E-state index >= 15 is 0 Å². The molecule has 6 heteroatoms. The number of carboxylic acid groups (broad SMARTS) is 2. The third-order valence-corrected chi connectivity index (χ3v) is 0. The molecule has 0 fully saturated rings. The third-order valence-electron chi connectivity index (χ3n) is 0. The second-order valence-electron chi connectivity index (χ2n) is 0.983. The van der Waals surface area contributed by atoms with Gasteiger partial charge in [-0.3, -0.25) is 0 Å². The Morgan fingerprint density at radius 2 is 1.00 bits per heavy atom. The summed E-state index contributed by atoms with van der Waals surface area (Å²) < 4.78 is 8.19. The summed E-state index contributed by atoms with van der Waals surface area (Å²) >= 11 is 1.06. The fourth-order valence-electron chi connectivity index (χ4n) is 0. The number of carbonyl (C=O) groups excluding carboxylic acids is 2. The molecule has 5 nitrogen and oxygen atoms in total. The average Bonchev–Trinajstić information content (AvgIpc) is 1.66. The molecule has 0 aromatic carbocycles. The zero-order chi connectivity index (χ0) is 9.15. The fraction of sp³-hybridized carbons (Fsp3) is 0.500. The van der Waals surface area contributed by atoms with Crippen molar-refractivity contribution >= 4 is 11.9 Å². The Balaban J connectivity index is -0.0000000787. The Morgan fingerprint density at radius 3 is 1.00 bits per heavy atom. The van der Waals surface area contributed by atoms with Crippen LogP contribution in [0.4, 0.5) is 0 Å². The second kappa shape index (κ2) is 15.8. The third kappa shape index (κ3) is 642. The average molecular weight is 185 g/mol. The molecule has 0 aromatic rings. The van der Waals surface area contributed by atoms with Gasteiger partial charge in [-0.1, -0.05) is 0 Å². The molecule has 0 unspecified atom stereocenters. The molecule has 0 saturated carbocycles. The first-order valence-corrected chi connectivity index (χ1v) is 2.57. The Morgan fingerprint density at radius 1 is 1.00 bits per heavy atom. The van der Waals surface area contributed by atoms with Gasteiger partial charge < -0.3 is 19.8 Å². The van der Waals surface area contributed by atoms with Gasteiger partial charge in [-0.05, 0) is 13.8 Å². The van der Waals surface area contributed by atoms with Crippen LogP contribution in [0.2, 0.25) is 0 Å². The number of rotatable bonds is 0. The van der Waals surface area contributed by atoms with Crippen molar-refractivity contribution in [1.82, 2.24) is 0 Å². The van der Waals surface area contributed by atoms with Gasteiger partial charge in [0.05, 0.1) is 0 Å². The monoisotopic (exact) mass is 185 g/mol. The van der Waals surface area contributed by atoms with Crippen LogP contribution in [-0.4, -0.2) is 11.9 Å². The van der Waals surface area contributed by atoms with Crippen molar-refractivity contribution in [2.45, 2.75) is 13.8 Å². The van der Waals surface area contributed by atoms with Crippen LogP contribution in [0.25, 0.3) is 0 Å². The van der Waals surface area contributed by atoms with Crippen LogP contribution in [0.5, 0.6) is 0 Å². The van der Waals surface area contributed by atoms with Crippen LogP contribution >= 0.6 is 0 Å². The Labute approximate surface area is 67.3 Å². The Hall–Kier alpha value is -0.676. The van der Waals surface area contributed by atoms with Gasteiger partial charge in [0.25, 0.3) is 0 Å². The van der Waals surface area contributed by atoms with E-state index < -0.39 is 11.9 Å². The molecule has 0 saturated heterocycles. The summed E-state index contributed by atoms with van der Waals surface area (Å²) in [4.78, 5) is 17.8. The van der Waals surface area contributed by atoms with Crippen LogP contribution in [0.15, 0.2) is 0 Å². The van der Waals surface area contributed by atoms with E-state index in [0.717, 1.165) is 31.2 Å². The van der Waals surface area contributed by atoms with Crippen LogP contribution in [-0.2, 0) is 30.6 Å². The molecule has 0 atom stereocenters. The van der Waals surface area contributed by atoms with E-state index in [0.29, 0.717) is 0 Å². The van der Waals surface area contributed by atoms with Gasteiger partial charge in [0.2, 0.25) is 0 Å². The van der Waals surface area contributed by atoms with E-state index in [1.165, 1.54) is 0 Å². The standard InChI is InChI=1S/2C2H4O2.O.V/c2*1-2(3)4;;/h2*1H3,(H,3,4);;/q;;;+2/p-2. The summed E-state index contributed by atoms with van der Waals surface area (Å²) in [6.45, 7) is 1.94. The Kier molecular flexibility index (Phi) is 25.4. The van der Waals surface area contributed by atoms with Crippen molar-refractivity contribution in [2.24, 2.45) is 0 Å². The SMILES string of the molecule is CC(=O)[O-].CC(=O)[O-].[O]=[V+2]. The number of carbonyl (C=O) groups is 2. The van der Waals surface area contributed by atoms with Gasteiger partial charge >= 0.3 is 21.0 Å². The predicted molar refractivity (Wildman–Crippen MR) is 22.0 cm³/mol. The maximum atomic E-state index is 8.89. The number of aliphatic carboxylic acids is 2. The molecule has 0 radical (unpaired) electrons. The van der Waals surface area contributed by atoms with Crippen LogP contribution in [0.3, 0.4) is 0 Å². The molecule has 0 aromatic heterocycles. The molecule has 0 bridgehead atoms. The minimum atomic E-state index is -1.08. The molecule has 0 spiro atoms. The van der Waals surface area contributed by atoms with Crippen molar-refractivity contribution in [3.05, 3.63) is 0 Å². The second-order valence-corrected chi connectivity index (χ2v) is 0.983. The van der Waals surface area contributed by atoms with Gasteiger partial charge in [0.1, 0.15) is 0 Å². The summed E-state index contributed by atoms with van der Waals surface area (Å²) in [6.07, 6.45) is 0. The van der Waals surface area contributed by atoms with Crippen LogP contribution in [0.1, 0.15) is 13.8 Å². The first kappa shape index (κ1) is 16.2. The van der Waals surface area contributed by atoms with Crippen molar-refractivity contribution in [2.75, 3.05) is 0 Å². The summed E-state index contributed by atoms with van der Waals surface area (Å²) in [5, 5.41) is 17.8. The molecule has 57 valence electrons. The van der Waals surface area contributed by atoms with E-state index in [1.807, 2.05) is 0 Å². The number of hydrogen-bond acceptors (Lipinski definition) is 5. The molecule has 0 aliphatic rings. The zero-order valence-corrected chi connectivity index (χ0v) is 6.89. The van der Waals surface area contributed by atoms with Crippen molar-refractivity contribution < 1.29 is 40.8 Å². The summed E-state index contributed by atoms with van der Waals surface area (Å²) in [5.74, 6) is -2.17. The molecule has 0 rings (SSSR count). The van der Waals surface area contributed by atoms with E-state index in [1.54, 1.807) is 0 Å². The zero-order valence-electron chi connectivity index (χ0n) is 5.49. The van der Waals surface area contributed by atoms with E-state index in [9.17, 15) is 0 Å². The van der Waals surface area contributed by atoms with Crippen molar-refractivity contribution in [3.63, 3.8) is 0 Å². The first-order valence-electron chi connectivity index (χ1n) is 2.00. The normalized spacial score (nSPS) is 5.60. The first-order chi connectivity index (χ1) is 4.46. The molecule has 0 amide bonds. The molecular weight excluding hydrogens is 179 g/mol. The fourth-order valence-corrected chi connectivity index (χ4v) is 0.